The number of hydrogen-bond donors (Lipinski definition) is 4. The second-order valence-electron chi connectivity index (χ2n) is 10.3. The summed E-state index contributed by atoms with van der Waals surface area (Å²) in [5.74, 6) is 1.01. The van der Waals surface area contributed by atoms with E-state index in [0.29, 0.717) is 25.1 Å². The average Bonchev–Trinajstić information content (AvgIpc) is 3.27. The Morgan fingerprint density at radius 1 is 0.974 bits per heavy atom. The normalized spacial score (nSPS) is 12.7. The van der Waals surface area contributed by atoms with Gasteiger partial charge in [-0.15, -0.1) is 0 Å². The van der Waals surface area contributed by atoms with E-state index in [4.69, 9.17) is 0 Å². The largest absolute Gasteiger partial charge is 0.508 e. The van der Waals surface area contributed by atoms with Crippen molar-refractivity contribution in [3.63, 3.8) is 0 Å². The fraction of sp³-hybridized carbons (Fsp3) is 0.312. The maximum atomic E-state index is 12.7. The summed E-state index contributed by atoms with van der Waals surface area (Å²) in [7, 11) is 0. The van der Waals surface area contributed by atoms with Gasteiger partial charge in [-0.05, 0) is 93.6 Å². The van der Waals surface area contributed by atoms with E-state index in [1.54, 1.807) is 12.3 Å². The van der Waals surface area contributed by atoms with Gasteiger partial charge in [0.05, 0.1) is 6.10 Å². The number of pyridine rings is 1. The molecule has 4 aromatic rings. The number of aliphatic hydroxyl groups is 1. The van der Waals surface area contributed by atoms with Gasteiger partial charge in [0, 0.05) is 47.8 Å². The third kappa shape index (κ3) is 7.34. The van der Waals surface area contributed by atoms with Crippen molar-refractivity contribution in [3.05, 3.63) is 112 Å². The maximum Gasteiger partial charge on any atom is 0.251 e. The molecule has 0 radical (unpaired) electrons. The van der Waals surface area contributed by atoms with Crippen LogP contribution in [0.5, 0.6) is 5.75 Å². The molecule has 2 aromatic carbocycles. The summed E-state index contributed by atoms with van der Waals surface area (Å²) in [6, 6.07) is 21.2. The van der Waals surface area contributed by atoms with Gasteiger partial charge in [0.25, 0.3) is 5.91 Å². The van der Waals surface area contributed by atoms with Crippen LogP contribution in [0.15, 0.2) is 72.9 Å². The highest BCUT2D eigenvalue weighted by Crippen LogP contribution is 2.18. The Bertz CT molecular complexity index is 1390. The highest BCUT2D eigenvalue weighted by atomic mass is 16.3. The topological polar surface area (TPSA) is 99.4 Å². The van der Waals surface area contributed by atoms with Gasteiger partial charge in [-0.1, -0.05) is 30.3 Å². The molecular formula is C32H38N4O3. The highest BCUT2D eigenvalue weighted by molar-refractivity contribution is 5.94. The van der Waals surface area contributed by atoms with Gasteiger partial charge in [0.15, 0.2) is 0 Å². The summed E-state index contributed by atoms with van der Waals surface area (Å²) >= 11 is 0. The van der Waals surface area contributed by atoms with Crippen molar-refractivity contribution in [1.29, 1.82) is 0 Å². The number of aryl methyl sites for hydroxylation is 3. The number of carbonyl (C=O) groups excluding carboxylic acids is 1. The predicted molar refractivity (Wildman–Crippen MR) is 154 cm³/mol. The third-order valence-corrected chi connectivity index (χ3v) is 7.01. The van der Waals surface area contributed by atoms with Crippen molar-refractivity contribution in [3.8, 4) is 11.6 Å². The van der Waals surface area contributed by atoms with E-state index < -0.39 is 6.10 Å². The highest BCUT2D eigenvalue weighted by Gasteiger charge is 2.13. The molecule has 204 valence electrons. The number of hydrogen-bond acceptors (Lipinski definition) is 5. The summed E-state index contributed by atoms with van der Waals surface area (Å²) in [5, 5.41) is 26.8. The zero-order valence-electron chi connectivity index (χ0n) is 23.1. The molecule has 0 spiro atoms. The van der Waals surface area contributed by atoms with Crippen molar-refractivity contribution < 1.29 is 15.0 Å². The molecule has 4 N–H and O–H groups in total. The fourth-order valence-corrected chi connectivity index (χ4v) is 4.75. The molecule has 2 atom stereocenters. The van der Waals surface area contributed by atoms with Crippen molar-refractivity contribution >= 4 is 5.91 Å². The number of nitrogens with zero attached hydrogens (tertiary/aromatic N) is 2. The standard InChI is InChI=1S/C32H38N4O3/c1-21-16-25(10-12-29(21)37)14-15-33-32(39)27-7-5-6-26(18-27)17-22(2)34-20-30(38)28-11-13-31(35-19-28)36-23(3)8-9-24(36)4/h5-13,16,18-19,22,30,34,37-38H,14-15,17,20H2,1-4H3,(H,33,39)/t22-,30-/m1/s1. The van der Waals surface area contributed by atoms with Crippen molar-refractivity contribution in [2.75, 3.05) is 13.1 Å². The Balaban J connectivity index is 1.25. The number of aromatic hydroxyl groups is 1. The van der Waals surface area contributed by atoms with E-state index in [9.17, 15) is 15.0 Å². The molecule has 4 rings (SSSR count). The molecule has 0 aliphatic carbocycles. The van der Waals surface area contributed by atoms with Gasteiger partial charge >= 0.3 is 0 Å². The van der Waals surface area contributed by atoms with Crippen LogP contribution in [-0.2, 0) is 12.8 Å². The van der Waals surface area contributed by atoms with Crippen molar-refractivity contribution in [2.45, 2.75) is 52.7 Å². The first kappa shape index (κ1) is 28.1. The molecule has 2 heterocycles. The molecule has 0 unspecified atom stereocenters. The van der Waals surface area contributed by atoms with Crippen LogP contribution in [0.25, 0.3) is 5.82 Å². The Hall–Kier alpha value is -3.94. The Labute approximate surface area is 230 Å². The average molecular weight is 527 g/mol. The molecule has 0 saturated carbocycles. The molecule has 7 nitrogen and oxygen atoms in total. The molecule has 0 bridgehead atoms. The van der Waals surface area contributed by atoms with E-state index in [2.05, 4.69) is 39.2 Å². The lowest BCUT2D eigenvalue weighted by Gasteiger charge is -2.18. The number of nitrogens with one attached hydrogen (secondary N) is 2. The van der Waals surface area contributed by atoms with Crippen LogP contribution in [-0.4, -0.2) is 44.8 Å². The quantitative estimate of drug-likeness (QED) is 0.226. The van der Waals surface area contributed by atoms with Gasteiger partial charge in [0.2, 0.25) is 0 Å². The van der Waals surface area contributed by atoms with Gasteiger partial charge in [-0.3, -0.25) is 4.79 Å². The number of phenolic OH excluding ortho intramolecular Hbond substituents is 1. The lowest BCUT2D eigenvalue weighted by Crippen LogP contribution is -2.32. The first-order valence-electron chi connectivity index (χ1n) is 13.4. The van der Waals surface area contributed by atoms with E-state index in [-0.39, 0.29) is 17.7 Å². The molecular weight excluding hydrogens is 488 g/mol. The van der Waals surface area contributed by atoms with Crippen molar-refractivity contribution in [2.24, 2.45) is 0 Å². The first-order valence-corrected chi connectivity index (χ1v) is 13.4. The summed E-state index contributed by atoms with van der Waals surface area (Å²) < 4.78 is 2.08. The minimum atomic E-state index is -0.671. The van der Waals surface area contributed by atoms with Crippen LogP contribution >= 0.6 is 0 Å². The van der Waals surface area contributed by atoms with Crippen LogP contribution in [0.1, 0.15) is 57.0 Å². The Kier molecular flexibility index (Phi) is 9.17. The summed E-state index contributed by atoms with van der Waals surface area (Å²) in [6.45, 7) is 8.94. The zero-order chi connectivity index (χ0) is 27.9. The molecule has 0 aliphatic rings. The van der Waals surface area contributed by atoms with Gasteiger partial charge in [-0.2, -0.15) is 0 Å². The minimum Gasteiger partial charge on any atom is -0.508 e. The molecule has 7 heteroatoms. The van der Waals surface area contributed by atoms with Crippen LogP contribution in [0, 0.1) is 20.8 Å². The lowest BCUT2D eigenvalue weighted by atomic mass is 10.0. The summed E-state index contributed by atoms with van der Waals surface area (Å²) in [6.07, 6.45) is 2.48. The first-order chi connectivity index (χ1) is 18.7. The number of amides is 1. The Morgan fingerprint density at radius 3 is 2.44 bits per heavy atom. The smallest absolute Gasteiger partial charge is 0.251 e. The molecule has 0 fully saturated rings. The van der Waals surface area contributed by atoms with Gasteiger partial charge < -0.3 is 25.4 Å². The number of aliphatic hydroxyl groups excluding tert-OH is 1. The van der Waals surface area contributed by atoms with Gasteiger partial charge in [0.1, 0.15) is 11.6 Å². The van der Waals surface area contributed by atoms with Gasteiger partial charge in [-0.25, -0.2) is 4.98 Å². The maximum absolute atomic E-state index is 12.7. The van der Waals surface area contributed by atoms with Crippen LogP contribution in [0.3, 0.4) is 0 Å². The second kappa shape index (κ2) is 12.7. The van der Waals surface area contributed by atoms with E-state index >= 15 is 0 Å². The zero-order valence-corrected chi connectivity index (χ0v) is 23.1. The minimum absolute atomic E-state index is 0.105. The molecule has 2 aromatic heterocycles. The van der Waals surface area contributed by atoms with E-state index in [1.807, 2.05) is 69.3 Å². The number of benzene rings is 2. The summed E-state index contributed by atoms with van der Waals surface area (Å²) in [4.78, 5) is 17.3. The molecule has 0 saturated heterocycles. The van der Waals surface area contributed by atoms with Crippen LogP contribution in [0.4, 0.5) is 0 Å². The number of rotatable bonds is 11. The van der Waals surface area contributed by atoms with E-state index in [0.717, 1.165) is 45.9 Å². The third-order valence-electron chi connectivity index (χ3n) is 7.01. The van der Waals surface area contributed by atoms with Crippen LogP contribution in [0.2, 0.25) is 0 Å². The van der Waals surface area contributed by atoms with E-state index in [1.165, 1.54) is 0 Å². The summed E-state index contributed by atoms with van der Waals surface area (Å²) in [5.41, 5.74) is 6.58. The molecule has 39 heavy (non-hydrogen) atoms. The van der Waals surface area contributed by atoms with Crippen LogP contribution < -0.4 is 10.6 Å². The number of carbonyl (C=O) groups is 1. The van der Waals surface area contributed by atoms with Crippen molar-refractivity contribution in [1.82, 2.24) is 20.2 Å². The SMILES string of the molecule is Cc1cc(CCNC(=O)c2cccc(C[C@@H](C)NC[C@@H](O)c3ccc(-n4c(C)ccc4C)nc3)c2)ccc1O. The number of aromatic nitrogens is 2. The lowest BCUT2D eigenvalue weighted by molar-refractivity contribution is 0.0954. The fourth-order valence-electron chi connectivity index (χ4n) is 4.75. The molecule has 0 aliphatic heterocycles. The number of phenols is 1. The second-order valence-corrected chi connectivity index (χ2v) is 10.3. The monoisotopic (exact) mass is 526 g/mol. The predicted octanol–water partition coefficient (Wildman–Crippen LogP) is 4.73. The Morgan fingerprint density at radius 2 is 1.74 bits per heavy atom. The molecule has 1 amide bonds.